The van der Waals surface area contributed by atoms with Crippen molar-refractivity contribution in [3.63, 3.8) is 0 Å². The molecule has 130 valence electrons. The van der Waals surface area contributed by atoms with Crippen molar-refractivity contribution in [2.45, 2.75) is 47.0 Å². The summed E-state index contributed by atoms with van der Waals surface area (Å²) in [4.78, 5) is 5.00. The van der Waals surface area contributed by atoms with E-state index in [0.29, 0.717) is 13.2 Å². The molecule has 0 unspecified atom stereocenters. The Bertz CT molecular complexity index is 654. The van der Waals surface area contributed by atoms with E-state index in [-0.39, 0.29) is 0 Å². The van der Waals surface area contributed by atoms with Crippen molar-refractivity contribution >= 4 is 6.21 Å². The lowest BCUT2D eigenvalue weighted by Gasteiger charge is -2.12. The second-order valence-corrected chi connectivity index (χ2v) is 5.73. The van der Waals surface area contributed by atoms with Gasteiger partial charge in [-0.1, -0.05) is 17.2 Å². The van der Waals surface area contributed by atoms with Crippen molar-refractivity contribution in [3.05, 3.63) is 46.3 Å². The van der Waals surface area contributed by atoms with Gasteiger partial charge >= 0.3 is 0 Å². The van der Waals surface area contributed by atoms with Crippen LogP contribution < -0.4 is 4.74 Å². The molecule has 5 heteroatoms. The van der Waals surface area contributed by atoms with Gasteiger partial charge in [0.25, 0.3) is 0 Å². The van der Waals surface area contributed by atoms with Crippen LogP contribution in [0.5, 0.6) is 5.75 Å². The van der Waals surface area contributed by atoms with Gasteiger partial charge in [0.2, 0.25) is 0 Å². The molecule has 0 amide bonds. The zero-order valence-corrected chi connectivity index (χ0v) is 15.0. The number of hydrogen-bond acceptors (Lipinski definition) is 5. The van der Waals surface area contributed by atoms with Gasteiger partial charge in [-0.25, -0.2) is 0 Å². The quantitative estimate of drug-likeness (QED) is 0.392. The second-order valence-electron chi connectivity index (χ2n) is 5.73. The fourth-order valence-corrected chi connectivity index (χ4v) is 2.52. The Labute approximate surface area is 143 Å². The molecule has 1 aromatic carbocycles. The molecule has 0 atom stereocenters. The van der Waals surface area contributed by atoms with Crippen molar-refractivity contribution in [3.8, 4) is 5.75 Å². The maximum absolute atomic E-state index is 5.97. The summed E-state index contributed by atoms with van der Waals surface area (Å²) in [6, 6.07) is 6.12. The first-order valence-corrected chi connectivity index (χ1v) is 8.47. The molecule has 0 spiro atoms. The highest BCUT2D eigenvalue weighted by atomic mass is 16.6. The van der Waals surface area contributed by atoms with Crippen LogP contribution in [0.4, 0.5) is 0 Å². The van der Waals surface area contributed by atoms with Crippen LogP contribution in [0.3, 0.4) is 0 Å². The Morgan fingerprint density at radius 3 is 2.54 bits per heavy atom. The van der Waals surface area contributed by atoms with E-state index < -0.39 is 0 Å². The summed E-state index contributed by atoms with van der Waals surface area (Å²) >= 11 is 0. The maximum Gasteiger partial charge on any atom is 0.137 e. The number of aryl methyl sites for hydroxylation is 4. The predicted molar refractivity (Wildman–Crippen MR) is 94.8 cm³/mol. The van der Waals surface area contributed by atoms with E-state index in [4.69, 9.17) is 14.1 Å². The average Bonchev–Trinajstić information content (AvgIpc) is 3.02. The lowest BCUT2D eigenvalue weighted by molar-refractivity contribution is 0.160. The number of hydrogen-bond donors (Lipinski definition) is 0. The predicted octanol–water partition coefficient (Wildman–Crippen LogP) is 4.24. The zero-order valence-electron chi connectivity index (χ0n) is 15.0. The first kappa shape index (κ1) is 18.0. The van der Waals surface area contributed by atoms with Crippen LogP contribution in [0.1, 0.15) is 48.4 Å². The maximum atomic E-state index is 5.97. The van der Waals surface area contributed by atoms with Crippen molar-refractivity contribution in [1.82, 2.24) is 5.16 Å². The van der Waals surface area contributed by atoms with Crippen LogP contribution in [0.2, 0.25) is 0 Å². The molecule has 0 fully saturated rings. The summed E-state index contributed by atoms with van der Waals surface area (Å²) < 4.78 is 11.3. The van der Waals surface area contributed by atoms with Gasteiger partial charge in [0.1, 0.15) is 18.1 Å². The Morgan fingerprint density at radius 2 is 1.92 bits per heavy atom. The third-order valence-electron chi connectivity index (χ3n) is 3.67. The molecule has 5 nitrogen and oxygen atoms in total. The summed E-state index contributed by atoms with van der Waals surface area (Å²) in [6.45, 7) is 9.29. The molecule has 2 rings (SSSR count). The van der Waals surface area contributed by atoms with Gasteiger partial charge in [-0.15, -0.1) is 0 Å². The second kappa shape index (κ2) is 9.11. The first-order chi connectivity index (χ1) is 11.6. The van der Waals surface area contributed by atoms with E-state index in [2.05, 4.69) is 29.4 Å². The zero-order chi connectivity index (χ0) is 17.4. The number of benzene rings is 1. The number of rotatable bonds is 9. The van der Waals surface area contributed by atoms with E-state index in [1.165, 1.54) is 0 Å². The number of ether oxygens (including phenoxy) is 1. The van der Waals surface area contributed by atoms with E-state index in [9.17, 15) is 0 Å². The standard InChI is InChI=1S/C19H26N2O3/c1-5-17-12-18(24-21-17)8-7-9-22-19-14(3)10-16(11-15(19)4)13-20-23-6-2/h10-13H,5-9H2,1-4H3. The Kier molecular flexibility index (Phi) is 6.85. The van der Waals surface area contributed by atoms with Crippen LogP contribution in [0.15, 0.2) is 27.9 Å². The number of nitrogens with zero attached hydrogens (tertiary/aromatic N) is 2. The lowest BCUT2D eigenvalue weighted by atomic mass is 10.1. The first-order valence-electron chi connectivity index (χ1n) is 8.47. The van der Waals surface area contributed by atoms with Gasteiger partial charge < -0.3 is 14.1 Å². The van der Waals surface area contributed by atoms with Crippen molar-refractivity contribution in [2.24, 2.45) is 5.16 Å². The minimum atomic E-state index is 0.570. The lowest BCUT2D eigenvalue weighted by Crippen LogP contribution is -2.03. The minimum Gasteiger partial charge on any atom is -0.493 e. The van der Waals surface area contributed by atoms with Crippen molar-refractivity contribution < 1.29 is 14.1 Å². The van der Waals surface area contributed by atoms with Gasteiger partial charge in [-0.05, 0) is 62.4 Å². The summed E-state index contributed by atoms with van der Waals surface area (Å²) in [6.07, 6.45) is 4.36. The molecule has 0 bridgehead atoms. The molecule has 2 aromatic rings. The van der Waals surface area contributed by atoms with Gasteiger partial charge in [0.15, 0.2) is 0 Å². The SMILES string of the molecule is CCON=Cc1cc(C)c(OCCCc2cc(CC)no2)c(C)c1. The smallest absolute Gasteiger partial charge is 0.137 e. The fourth-order valence-electron chi connectivity index (χ4n) is 2.52. The van der Waals surface area contributed by atoms with E-state index in [0.717, 1.165) is 53.2 Å². The van der Waals surface area contributed by atoms with E-state index in [1.807, 2.05) is 26.8 Å². The number of aromatic nitrogens is 1. The Balaban J connectivity index is 1.87. The van der Waals surface area contributed by atoms with Gasteiger partial charge in [-0.2, -0.15) is 0 Å². The molecule has 0 saturated heterocycles. The highest BCUT2D eigenvalue weighted by molar-refractivity contribution is 5.80. The van der Waals surface area contributed by atoms with Crippen LogP contribution in [-0.2, 0) is 17.7 Å². The molecule has 24 heavy (non-hydrogen) atoms. The van der Waals surface area contributed by atoms with Gasteiger partial charge in [0, 0.05) is 12.5 Å². The van der Waals surface area contributed by atoms with Crippen LogP contribution >= 0.6 is 0 Å². The van der Waals surface area contributed by atoms with Gasteiger partial charge in [0.05, 0.1) is 18.5 Å². The van der Waals surface area contributed by atoms with Gasteiger partial charge in [-0.3, -0.25) is 0 Å². The average molecular weight is 330 g/mol. The largest absolute Gasteiger partial charge is 0.493 e. The molecule has 1 aromatic heterocycles. The molecule has 0 saturated carbocycles. The molecule has 0 radical (unpaired) electrons. The number of oxime groups is 1. The Morgan fingerprint density at radius 1 is 1.17 bits per heavy atom. The van der Waals surface area contributed by atoms with Crippen LogP contribution in [0.25, 0.3) is 0 Å². The third kappa shape index (κ3) is 5.11. The van der Waals surface area contributed by atoms with Crippen molar-refractivity contribution in [1.29, 1.82) is 0 Å². The minimum absolute atomic E-state index is 0.570. The molecule has 0 aliphatic heterocycles. The van der Waals surface area contributed by atoms with Crippen LogP contribution in [-0.4, -0.2) is 24.6 Å². The monoisotopic (exact) mass is 330 g/mol. The van der Waals surface area contributed by atoms with Crippen LogP contribution in [0, 0.1) is 13.8 Å². The summed E-state index contributed by atoms with van der Waals surface area (Å²) in [5, 5.41) is 7.91. The molecule has 0 aliphatic rings. The highest BCUT2D eigenvalue weighted by Crippen LogP contribution is 2.24. The summed E-state index contributed by atoms with van der Waals surface area (Å²) in [5.74, 6) is 1.86. The summed E-state index contributed by atoms with van der Waals surface area (Å²) in [7, 11) is 0. The molecule has 0 aliphatic carbocycles. The molecular formula is C19H26N2O3. The molecule has 0 N–H and O–H groups in total. The summed E-state index contributed by atoms with van der Waals surface area (Å²) in [5.41, 5.74) is 4.21. The topological polar surface area (TPSA) is 56.9 Å². The Hall–Kier alpha value is -2.30. The van der Waals surface area contributed by atoms with E-state index in [1.54, 1.807) is 6.21 Å². The van der Waals surface area contributed by atoms with Crippen molar-refractivity contribution in [2.75, 3.05) is 13.2 Å². The fraction of sp³-hybridized carbons (Fsp3) is 0.474. The van der Waals surface area contributed by atoms with E-state index >= 15 is 0 Å². The third-order valence-corrected chi connectivity index (χ3v) is 3.67. The normalized spacial score (nSPS) is 11.2. The highest BCUT2D eigenvalue weighted by Gasteiger charge is 2.07. The molecular weight excluding hydrogens is 304 g/mol. The molecule has 1 heterocycles.